The maximum atomic E-state index is 12.0. The van der Waals surface area contributed by atoms with Crippen LogP contribution in [0.25, 0.3) is 11.0 Å². The maximum absolute atomic E-state index is 12.0. The van der Waals surface area contributed by atoms with Crippen LogP contribution < -0.4 is 4.74 Å². The van der Waals surface area contributed by atoms with Crippen molar-refractivity contribution in [2.75, 3.05) is 13.2 Å². The summed E-state index contributed by atoms with van der Waals surface area (Å²) in [6.45, 7) is 0.353. The van der Waals surface area contributed by atoms with Gasteiger partial charge in [0, 0.05) is 12.4 Å². The van der Waals surface area contributed by atoms with E-state index in [1.807, 2.05) is 12.1 Å². The van der Waals surface area contributed by atoms with Crippen molar-refractivity contribution in [2.45, 2.75) is 0 Å². The van der Waals surface area contributed by atoms with Crippen LogP contribution in [0.5, 0.6) is 5.75 Å². The Morgan fingerprint density at radius 3 is 2.61 bits per heavy atom. The molecule has 1 heterocycles. The second-order valence-corrected chi connectivity index (χ2v) is 5.08. The minimum absolute atomic E-state index is 0.128. The summed E-state index contributed by atoms with van der Waals surface area (Å²) in [6, 6.07) is 12.2. The average Bonchev–Trinajstić information content (AvgIpc) is 2.59. The SMILES string of the molecule is O=C(OCCOc1ccccc1Cl)c1ccc2nccnc2c1. The molecule has 6 heteroatoms. The van der Waals surface area contributed by atoms with E-state index in [2.05, 4.69) is 9.97 Å². The molecular formula is C17H13ClN2O3. The summed E-state index contributed by atoms with van der Waals surface area (Å²) >= 11 is 5.97. The molecule has 3 rings (SSSR count). The predicted octanol–water partition coefficient (Wildman–Crippen LogP) is 3.52. The standard InChI is InChI=1S/C17H13ClN2O3/c18-13-3-1-2-4-16(13)22-9-10-23-17(21)12-5-6-14-15(11-12)20-8-7-19-14/h1-8,11H,9-10H2. The fourth-order valence-electron chi connectivity index (χ4n) is 2.02. The highest BCUT2D eigenvalue weighted by atomic mass is 35.5. The van der Waals surface area contributed by atoms with Gasteiger partial charge < -0.3 is 9.47 Å². The number of carbonyl (C=O) groups excluding carboxylic acids is 1. The smallest absolute Gasteiger partial charge is 0.338 e. The van der Waals surface area contributed by atoms with Crippen LogP contribution in [0.4, 0.5) is 0 Å². The zero-order chi connectivity index (χ0) is 16.1. The monoisotopic (exact) mass is 328 g/mol. The van der Waals surface area contributed by atoms with Gasteiger partial charge >= 0.3 is 5.97 Å². The summed E-state index contributed by atoms with van der Waals surface area (Å²) in [7, 11) is 0. The van der Waals surface area contributed by atoms with Gasteiger partial charge in [-0.3, -0.25) is 9.97 Å². The van der Waals surface area contributed by atoms with Gasteiger partial charge in [-0.1, -0.05) is 23.7 Å². The van der Waals surface area contributed by atoms with Crippen LogP contribution in [0.2, 0.25) is 5.02 Å². The first-order valence-electron chi connectivity index (χ1n) is 6.99. The number of aromatic nitrogens is 2. The van der Waals surface area contributed by atoms with Crippen molar-refractivity contribution in [1.82, 2.24) is 9.97 Å². The lowest BCUT2D eigenvalue weighted by atomic mass is 10.2. The molecule has 0 amide bonds. The molecule has 2 aromatic carbocycles. The quantitative estimate of drug-likeness (QED) is 0.529. The molecule has 0 saturated carbocycles. The van der Waals surface area contributed by atoms with Crippen molar-refractivity contribution in [3.8, 4) is 5.75 Å². The molecule has 0 aliphatic carbocycles. The number of halogens is 1. The highest BCUT2D eigenvalue weighted by Crippen LogP contribution is 2.22. The number of ether oxygens (including phenoxy) is 2. The van der Waals surface area contributed by atoms with Gasteiger partial charge in [0.1, 0.15) is 19.0 Å². The topological polar surface area (TPSA) is 61.3 Å². The van der Waals surface area contributed by atoms with Gasteiger partial charge in [-0.15, -0.1) is 0 Å². The molecule has 0 saturated heterocycles. The first kappa shape index (κ1) is 15.2. The molecule has 0 fully saturated rings. The molecule has 0 radical (unpaired) electrons. The number of benzene rings is 2. The molecule has 0 aliphatic rings. The molecule has 1 aromatic heterocycles. The van der Waals surface area contributed by atoms with Crippen LogP contribution in [-0.2, 0) is 4.74 Å². The number of esters is 1. The van der Waals surface area contributed by atoms with E-state index >= 15 is 0 Å². The fourth-order valence-corrected chi connectivity index (χ4v) is 2.21. The Bertz CT molecular complexity index is 839. The third-order valence-corrected chi connectivity index (χ3v) is 3.43. The normalized spacial score (nSPS) is 10.5. The van der Waals surface area contributed by atoms with Crippen molar-refractivity contribution in [3.63, 3.8) is 0 Å². The van der Waals surface area contributed by atoms with Gasteiger partial charge in [-0.2, -0.15) is 0 Å². The molecule has 0 bridgehead atoms. The maximum Gasteiger partial charge on any atom is 0.338 e. The Kier molecular flexibility index (Phi) is 4.68. The zero-order valence-corrected chi connectivity index (χ0v) is 12.9. The third kappa shape index (κ3) is 3.76. The lowest BCUT2D eigenvalue weighted by Crippen LogP contribution is -2.12. The van der Waals surface area contributed by atoms with E-state index < -0.39 is 5.97 Å². The van der Waals surface area contributed by atoms with Crippen molar-refractivity contribution in [2.24, 2.45) is 0 Å². The Morgan fingerprint density at radius 2 is 1.78 bits per heavy atom. The van der Waals surface area contributed by atoms with E-state index in [-0.39, 0.29) is 13.2 Å². The third-order valence-electron chi connectivity index (χ3n) is 3.12. The van der Waals surface area contributed by atoms with Crippen molar-refractivity contribution in [1.29, 1.82) is 0 Å². The number of hydrogen-bond acceptors (Lipinski definition) is 5. The van der Waals surface area contributed by atoms with Crippen LogP contribution in [-0.4, -0.2) is 29.2 Å². The molecule has 5 nitrogen and oxygen atoms in total. The highest BCUT2D eigenvalue weighted by molar-refractivity contribution is 6.32. The summed E-state index contributed by atoms with van der Waals surface area (Å²) in [5, 5.41) is 0.520. The first-order valence-corrected chi connectivity index (χ1v) is 7.37. The van der Waals surface area contributed by atoms with Crippen LogP contribution in [0.15, 0.2) is 54.9 Å². The minimum Gasteiger partial charge on any atom is -0.488 e. The molecule has 116 valence electrons. The van der Waals surface area contributed by atoms with Crippen molar-refractivity contribution >= 4 is 28.6 Å². The van der Waals surface area contributed by atoms with Gasteiger partial charge in [-0.25, -0.2) is 4.79 Å². The predicted molar refractivity (Wildman–Crippen MR) is 86.8 cm³/mol. The largest absolute Gasteiger partial charge is 0.488 e. The number of para-hydroxylation sites is 1. The highest BCUT2D eigenvalue weighted by Gasteiger charge is 2.09. The Balaban J connectivity index is 1.55. The van der Waals surface area contributed by atoms with Gasteiger partial charge in [0.05, 0.1) is 21.6 Å². The van der Waals surface area contributed by atoms with E-state index in [1.165, 1.54) is 0 Å². The summed E-state index contributed by atoms with van der Waals surface area (Å²) in [5.41, 5.74) is 1.80. The molecule has 0 unspecified atom stereocenters. The molecule has 23 heavy (non-hydrogen) atoms. The molecule has 0 spiro atoms. The number of hydrogen-bond donors (Lipinski definition) is 0. The Hall–Kier alpha value is -2.66. The Morgan fingerprint density at radius 1 is 1.00 bits per heavy atom. The lowest BCUT2D eigenvalue weighted by Gasteiger charge is -2.08. The van der Waals surface area contributed by atoms with Crippen LogP contribution in [0.3, 0.4) is 0 Å². The molecule has 0 N–H and O–H groups in total. The summed E-state index contributed by atoms with van der Waals surface area (Å²) in [5.74, 6) is 0.131. The number of nitrogens with zero attached hydrogens (tertiary/aromatic N) is 2. The van der Waals surface area contributed by atoms with E-state index in [0.29, 0.717) is 21.9 Å². The zero-order valence-electron chi connectivity index (χ0n) is 12.1. The van der Waals surface area contributed by atoms with E-state index in [4.69, 9.17) is 21.1 Å². The van der Waals surface area contributed by atoms with E-state index in [1.54, 1.807) is 42.7 Å². The van der Waals surface area contributed by atoms with Crippen LogP contribution in [0.1, 0.15) is 10.4 Å². The van der Waals surface area contributed by atoms with Crippen molar-refractivity contribution < 1.29 is 14.3 Å². The Labute approximate surface area is 137 Å². The van der Waals surface area contributed by atoms with Gasteiger partial charge in [-0.05, 0) is 30.3 Å². The second-order valence-electron chi connectivity index (χ2n) is 4.67. The number of rotatable bonds is 5. The van der Waals surface area contributed by atoms with Gasteiger partial charge in [0.15, 0.2) is 0 Å². The average molecular weight is 329 g/mol. The van der Waals surface area contributed by atoms with Crippen LogP contribution in [0, 0.1) is 0 Å². The minimum atomic E-state index is -0.430. The summed E-state index contributed by atoms with van der Waals surface area (Å²) < 4.78 is 10.6. The molecular weight excluding hydrogens is 316 g/mol. The number of fused-ring (bicyclic) bond motifs is 1. The van der Waals surface area contributed by atoms with E-state index in [9.17, 15) is 4.79 Å². The molecule has 0 aliphatic heterocycles. The van der Waals surface area contributed by atoms with E-state index in [0.717, 1.165) is 5.52 Å². The van der Waals surface area contributed by atoms with Gasteiger partial charge in [0.25, 0.3) is 0 Å². The lowest BCUT2D eigenvalue weighted by molar-refractivity contribution is 0.0450. The molecule has 3 aromatic rings. The van der Waals surface area contributed by atoms with Crippen LogP contribution >= 0.6 is 11.6 Å². The summed E-state index contributed by atoms with van der Waals surface area (Å²) in [4.78, 5) is 20.3. The number of carbonyl (C=O) groups is 1. The van der Waals surface area contributed by atoms with Crippen molar-refractivity contribution in [3.05, 3.63) is 65.4 Å². The second kappa shape index (κ2) is 7.07. The first-order chi connectivity index (χ1) is 11.2. The van der Waals surface area contributed by atoms with Gasteiger partial charge in [0.2, 0.25) is 0 Å². The molecule has 0 atom stereocenters. The summed E-state index contributed by atoms with van der Waals surface area (Å²) in [6.07, 6.45) is 3.18. The fraction of sp³-hybridized carbons (Fsp3) is 0.118.